The number of phenolic OH excluding ortho intramolecular Hbond substituents is 1. The average Bonchev–Trinajstić information content (AvgIpc) is 2.44. The predicted octanol–water partition coefficient (Wildman–Crippen LogP) is 3.14. The first-order valence-electron chi connectivity index (χ1n) is 6.31. The van der Waals surface area contributed by atoms with E-state index in [1.54, 1.807) is 7.11 Å². The number of hydrogen-bond donors (Lipinski definition) is 2. The maximum absolute atomic E-state index is 9.87. The van der Waals surface area contributed by atoms with Crippen LogP contribution in [0.2, 0.25) is 0 Å². The largest absolute Gasteiger partial charge is 0.503 e. The molecule has 0 amide bonds. The molecule has 7 heteroatoms. The van der Waals surface area contributed by atoms with Crippen molar-refractivity contribution >= 4 is 40.7 Å². The van der Waals surface area contributed by atoms with Crippen molar-refractivity contribution in [3.8, 4) is 11.5 Å². The third-order valence-corrected chi connectivity index (χ3v) is 3.98. The summed E-state index contributed by atoms with van der Waals surface area (Å²) in [7, 11) is 1.55. The van der Waals surface area contributed by atoms with E-state index >= 15 is 0 Å². The Balaban J connectivity index is 0.00000200. The van der Waals surface area contributed by atoms with E-state index in [4.69, 9.17) is 4.74 Å². The van der Waals surface area contributed by atoms with Gasteiger partial charge in [-0.1, -0.05) is 6.08 Å². The van der Waals surface area contributed by atoms with Gasteiger partial charge in [-0.05, 0) is 33.6 Å². The Kier molecular flexibility index (Phi) is 9.33. The van der Waals surface area contributed by atoms with Crippen LogP contribution in [-0.2, 0) is 0 Å². The minimum Gasteiger partial charge on any atom is -0.503 e. The smallest absolute Gasteiger partial charge is 0.172 e. The van der Waals surface area contributed by atoms with E-state index < -0.39 is 0 Å². The van der Waals surface area contributed by atoms with E-state index in [-0.39, 0.29) is 36.6 Å². The molecule has 1 saturated heterocycles. The lowest BCUT2D eigenvalue weighted by Gasteiger charge is -2.33. The number of rotatable bonds is 4. The van der Waals surface area contributed by atoms with E-state index in [1.807, 2.05) is 18.2 Å². The van der Waals surface area contributed by atoms with Crippen LogP contribution in [0.15, 0.2) is 29.3 Å². The highest BCUT2D eigenvalue weighted by Crippen LogP contribution is 2.38. The summed E-state index contributed by atoms with van der Waals surface area (Å²) < 4.78 is 5.85. The Bertz CT molecular complexity index is 469. The molecular weight excluding hydrogens is 379 g/mol. The van der Waals surface area contributed by atoms with Crippen molar-refractivity contribution in [3.63, 3.8) is 0 Å². The summed E-state index contributed by atoms with van der Waals surface area (Å²) in [5, 5.41) is 13.2. The molecular formula is C14H21BrCl2N2O2. The van der Waals surface area contributed by atoms with Crippen molar-refractivity contribution in [1.29, 1.82) is 0 Å². The zero-order valence-corrected chi connectivity index (χ0v) is 15.1. The molecule has 1 aromatic carbocycles. The number of methoxy groups -OCH3 is 1. The minimum atomic E-state index is 0. The molecule has 1 aliphatic heterocycles. The van der Waals surface area contributed by atoms with Gasteiger partial charge in [0.25, 0.3) is 0 Å². The van der Waals surface area contributed by atoms with Crippen LogP contribution < -0.4 is 10.1 Å². The van der Waals surface area contributed by atoms with Gasteiger partial charge in [-0.15, -0.1) is 31.4 Å². The first-order chi connectivity index (χ1) is 9.17. The van der Waals surface area contributed by atoms with Crippen LogP contribution in [0.5, 0.6) is 11.5 Å². The molecule has 0 radical (unpaired) electrons. The Labute approximate surface area is 146 Å². The average molecular weight is 400 g/mol. The number of hydrogen-bond acceptors (Lipinski definition) is 4. The maximum atomic E-state index is 9.87. The summed E-state index contributed by atoms with van der Waals surface area (Å²) in [5.41, 5.74) is 1.07. The lowest BCUT2D eigenvalue weighted by atomic mass is 10.0. The summed E-state index contributed by atoms with van der Waals surface area (Å²) >= 11 is 3.36. The summed E-state index contributed by atoms with van der Waals surface area (Å²) in [6, 6.07) is 3.92. The summed E-state index contributed by atoms with van der Waals surface area (Å²) in [6.45, 7) is 7.88. The van der Waals surface area contributed by atoms with Gasteiger partial charge < -0.3 is 15.2 Å². The van der Waals surface area contributed by atoms with Crippen LogP contribution in [0.4, 0.5) is 0 Å². The molecule has 0 bridgehead atoms. The van der Waals surface area contributed by atoms with Crippen molar-refractivity contribution in [2.75, 3.05) is 33.3 Å². The van der Waals surface area contributed by atoms with E-state index in [0.717, 1.165) is 31.7 Å². The van der Waals surface area contributed by atoms with Crippen molar-refractivity contribution < 1.29 is 9.84 Å². The van der Waals surface area contributed by atoms with Gasteiger partial charge in [0.2, 0.25) is 0 Å². The molecule has 1 heterocycles. The molecule has 2 rings (SSSR count). The van der Waals surface area contributed by atoms with Crippen molar-refractivity contribution in [1.82, 2.24) is 10.2 Å². The number of nitrogens with one attached hydrogen (secondary N) is 1. The second-order valence-corrected chi connectivity index (χ2v) is 5.37. The highest BCUT2D eigenvalue weighted by Gasteiger charge is 2.21. The number of phenols is 1. The first-order valence-corrected chi connectivity index (χ1v) is 7.10. The number of ether oxygens (including phenoxy) is 1. The topological polar surface area (TPSA) is 44.7 Å². The molecule has 1 atom stereocenters. The monoisotopic (exact) mass is 398 g/mol. The molecule has 1 aromatic rings. The molecule has 0 saturated carbocycles. The predicted molar refractivity (Wildman–Crippen MR) is 94.2 cm³/mol. The molecule has 1 fully saturated rings. The zero-order chi connectivity index (χ0) is 13.8. The van der Waals surface area contributed by atoms with Crippen molar-refractivity contribution in [2.45, 2.75) is 6.04 Å². The van der Waals surface area contributed by atoms with Gasteiger partial charge in [-0.3, -0.25) is 4.90 Å². The van der Waals surface area contributed by atoms with E-state index in [2.05, 4.69) is 32.7 Å². The van der Waals surface area contributed by atoms with Crippen molar-refractivity contribution in [3.05, 3.63) is 34.8 Å². The number of halogens is 3. The van der Waals surface area contributed by atoms with Gasteiger partial charge in [-0.2, -0.15) is 0 Å². The molecule has 2 N–H and O–H groups in total. The van der Waals surface area contributed by atoms with Gasteiger partial charge in [0, 0.05) is 26.2 Å². The van der Waals surface area contributed by atoms with Crippen LogP contribution in [0.3, 0.4) is 0 Å². The lowest BCUT2D eigenvalue weighted by molar-refractivity contribution is 0.203. The fraction of sp³-hybridized carbons (Fsp3) is 0.429. The molecule has 0 aromatic heterocycles. The summed E-state index contributed by atoms with van der Waals surface area (Å²) in [4.78, 5) is 2.36. The van der Waals surface area contributed by atoms with Gasteiger partial charge in [0.05, 0.1) is 17.6 Å². The fourth-order valence-corrected chi connectivity index (χ4v) is 2.84. The first kappa shape index (κ1) is 20.5. The molecule has 4 nitrogen and oxygen atoms in total. The van der Waals surface area contributed by atoms with Crippen molar-refractivity contribution in [2.24, 2.45) is 0 Å². The Hall–Kier alpha value is -0.460. The Morgan fingerprint density at radius 1 is 1.38 bits per heavy atom. The zero-order valence-electron chi connectivity index (χ0n) is 11.8. The van der Waals surface area contributed by atoms with Gasteiger partial charge in [-0.25, -0.2) is 0 Å². The Morgan fingerprint density at radius 2 is 2.00 bits per heavy atom. The second kappa shape index (κ2) is 9.54. The van der Waals surface area contributed by atoms with E-state index in [9.17, 15) is 5.11 Å². The van der Waals surface area contributed by atoms with Crippen LogP contribution in [0, 0.1) is 0 Å². The standard InChI is InChI=1S/C14H19BrN2O2.2ClH/c1-3-12(17-6-4-16-5-7-17)10-8-11(15)14(18)13(9-10)19-2;;/h3,8-9,12,16,18H,1,4-7H2,2H3;2*1H/t12-;;/m0../s1. The van der Waals surface area contributed by atoms with Gasteiger partial charge in [0.1, 0.15) is 0 Å². The van der Waals surface area contributed by atoms with Crippen LogP contribution in [0.25, 0.3) is 0 Å². The molecule has 120 valence electrons. The third-order valence-electron chi connectivity index (χ3n) is 3.38. The number of benzene rings is 1. The minimum absolute atomic E-state index is 0. The third kappa shape index (κ3) is 4.76. The van der Waals surface area contributed by atoms with Crippen LogP contribution >= 0.6 is 40.7 Å². The van der Waals surface area contributed by atoms with Crippen LogP contribution in [0.1, 0.15) is 11.6 Å². The highest BCUT2D eigenvalue weighted by atomic mass is 79.9. The quantitative estimate of drug-likeness (QED) is 0.763. The molecule has 0 aliphatic carbocycles. The van der Waals surface area contributed by atoms with E-state index in [1.165, 1.54) is 0 Å². The number of aromatic hydroxyl groups is 1. The van der Waals surface area contributed by atoms with Gasteiger partial charge in [0.15, 0.2) is 11.5 Å². The maximum Gasteiger partial charge on any atom is 0.172 e. The van der Waals surface area contributed by atoms with Gasteiger partial charge >= 0.3 is 0 Å². The molecule has 0 unspecified atom stereocenters. The van der Waals surface area contributed by atoms with Crippen LogP contribution in [-0.4, -0.2) is 43.3 Å². The molecule has 1 aliphatic rings. The number of nitrogens with zero attached hydrogens (tertiary/aromatic N) is 1. The molecule has 21 heavy (non-hydrogen) atoms. The lowest BCUT2D eigenvalue weighted by Crippen LogP contribution is -2.44. The number of piperazine rings is 1. The SMILES string of the molecule is C=C[C@@H](c1cc(Br)c(O)c(OC)c1)N1CCNCC1.Cl.Cl. The summed E-state index contributed by atoms with van der Waals surface area (Å²) in [5.74, 6) is 0.612. The normalized spacial score (nSPS) is 16.3. The second-order valence-electron chi connectivity index (χ2n) is 4.52. The van der Waals surface area contributed by atoms with E-state index in [0.29, 0.717) is 10.2 Å². The Morgan fingerprint density at radius 3 is 2.52 bits per heavy atom. The molecule has 0 spiro atoms. The summed E-state index contributed by atoms with van der Waals surface area (Å²) in [6.07, 6.45) is 1.93. The highest BCUT2D eigenvalue weighted by molar-refractivity contribution is 9.10. The fourth-order valence-electron chi connectivity index (χ4n) is 2.38.